The molecule has 0 aliphatic rings. The molecule has 6 nitrogen and oxygen atoms in total. The van der Waals surface area contributed by atoms with Crippen molar-refractivity contribution in [2.24, 2.45) is 5.10 Å². The number of hydrogen-bond donors (Lipinski definition) is 1. The molecule has 138 valence electrons. The van der Waals surface area contributed by atoms with Crippen molar-refractivity contribution in [3.8, 4) is 5.75 Å². The van der Waals surface area contributed by atoms with Crippen molar-refractivity contribution in [2.45, 2.75) is 11.8 Å². The molecule has 0 saturated heterocycles. The molecule has 0 radical (unpaired) electrons. The minimum Gasteiger partial charge on any atom is -0.422 e. The number of nitrogens with one attached hydrogen (secondary N) is 1. The van der Waals surface area contributed by atoms with E-state index in [1.54, 1.807) is 53.9 Å². The molecule has 0 fully saturated rings. The first-order valence-corrected chi connectivity index (χ1v) is 10.3. The number of esters is 1. The molecule has 0 spiro atoms. The summed E-state index contributed by atoms with van der Waals surface area (Å²) in [5.41, 5.74) is 1.62. The summed E-state index contributed by atoms with van der Waals surface area (Å²) in [6.45, 7) is 1.88. The summed E-state index contributed by atoms with van der Waals surface area (Å²) < 4.78 is 29.5. The fourth-order valence-corrected chi connectivity index (χ4v) is 3.50. The minimum absolute atomic E-state index is 0.140. The molecule has 8 heteroatoms. The number of rotatable bonds is 6. The van der Waals surface area contributed by atoms with E-state index in [9.17, 15) is 13.2 Å². The molecular weight excluding hydrogens is 384 g/mol. The van der Waals surface area contributed by atoms with Crippen LogP contribution in [0.15, 0.2) is 76.0 Å². The van der Waals surface area contributed by atoms with Gasteiger partial charge in [-0.25, -0.2) is 9.63 Å². The van der Waals surface area contributed by atoms with Crippen LogP contribution in [-0.4, -0.2) is 20.6 Å². The maximum atomic E-state index is 12.1. The Balaban J connectivity index is 1.60. The second-order valence-electron chi connectivity index (χ2n) is 5.60. The van der Waals surface area contributed by atoms with Crippen molar-refractivity contribution in [1.82, 2.24) is 4.83 Å². The second kappa shape index (κ2) is 8.15. The molecule has 3 aromatic rings. The Morgan fingerprint density at radius 3 is 2.41 bits per heavy atom. The van der Waals surface area contributed by atoms with Crippen LogP contribution in [0, 0.1) is 6.92 Å². The van der Waals surface area contributed by atoms with Crippen LogP contribution in [0.2, 0.25) is 0 Å². The molecule has 2 aromatic carbocycles. The highest BCUT2D eigenvalue weighted by atomic mass is 32.2. The molecule has 0 aliphatic heterocycles. The summed E-state index contributed by atoms with van der Waals surface area (Å²) in [6, 6.07) is 16.5. The highest BCUT2D eigenvalue weighted by Crippen LogP contribution is 2.16. The number of carbonyl (C=O) groups is 1. The molecule has 1 heterocycles. The van der Waals surface area contributed by atoms with Crippen molar-refractivity contribution in [3.63, 3.8) is 0 Å². The van der Waals surface area contributed by atoms with E-state index in [4.69, 9.17) is 4.74 Å². The first-order chi connectivity index (χ1) is 12.9. The van der Waals surface area contributed by atoms with Gasteiger partial charge in [-0.3, -0.25) is 0 Å². The largest absolute Gasteiger partial charge is 0.422 e. The van der Waals surface area contributed by atoms with Crippen LogP contribution in [0.4, 0.5) is 0 Å². The zero-order valence-corrected chi connectivity index (χ0v) is 16.0. The lowest BCUT2D eigenvalue weighted by molar-refractivity contribution is 0.0740. The molecule has 27 heavy (non-hydrogen) atoms. The Morgan fingerprint density at radius 2 is 1.78 bits per heavy atom. The van der Waals surface area contributed by atoms with Gasteiger partial charge in [-0.2, -0.15) is 13.5 Å². The number of hydrazone groups is 1. The maximum absolute atomic E-state index is 12.1. The molecule has 0 amide bonds. The maximum Gasteiger partial charge on any atom is 0.353 e. The molecular formula is C19H16N2O4S2. The molecule has 0 bridgehead atoms. The number of aryl methyl sites for hydroxylation is 1. The molecule has 0 aliphatic carbocycles. The summed E-state index contributed by atoms with van der Waals surface area (Å²) in [4.78, 5) is 14.7. The SMILES string of the molecule is Cc1ccc(S(=O)(=O)N/N=C\c2ccc(OC(=O)c3cccs3)cc2)cc1. The Labute approximate surface area is 161 Å². The lowest BCUT2D eigenvalue weighted by atomic mass is 10.2. The standard InChI is InChI=1S/C19H16N2O4S2/c1-14-4-10-17(11-5-14)27(23,24)21-20-13-15-6-8-16(9-7-15)25-19(22)18-3-2-12-26-18/h2-13,21H,1H3/b20-13-. The summed E-state index contributed by atoms with van der Waals surface area (Å²) in [5.74, 6) is -0.0249. The molecule has 1 N–H and O–H groups in total. The van der Waals surface area contributed by atoms with E-state index < -0.39 is 16.0 Å². The smallest absolute Gasteiger partial charge is 0.353 e. The van der Waals surface area contributed by atoms with E-state index in [2.05, 4.69) is 9.93 Å². The minimum atomic E-state index is -3.71. The first-order valence-electron chi connectivity index (χ1n) is 7.91. The van der Waals surface area contributed by atoms with Crippen LogP contribution in [-0.2, 0) is 10.0 Å². The van der Waals surface area contributed by atoms with Gasteiger partial charge in [0, 0.05) is 0 Å². The fourth-order valence-electron chi connectivity index (χ4n) is 2.11. The van der Waals surface area contributed by atoms with Gasteiger partial charge in [0.25, 0.3) is 10.0 Å². The van der Waals surface area contributed by atoms with Crippen LogP contribution in [0.25, 0.3) is 0 Å². The predicted molar refractivity (Wildman–Crippen MR) is 105 cm³/mol. The Kier molecular flexibility index (Phi) is 5.68. The highest BCUT2D eigenvalue weighted by Gasteiger charge is 2.12. The molecule has 3 rings (SSSR count). The van der Waals surface area contributed by atoms with Gasteiger partial charge in [0.2, 0.25) is 0 Å². The van der Waals surface area contributed by atoms with E-state index in [-0.39, 0.29) is 4.90 Å². The molecule has 0 saturated carbocycles. The lowest BCUT2D eigenvalue weighted by Gasteiger charge is -2.04. The number of carbonyl (C=O) groups excluding carboxylic acids is 1. The fraction of sp³-hybridized carbons (Fsp3) is 0.0526. The number of nitrogens with zero attached hydrogens (tertiary/aromatic N) is 1. The zero-order chi connectivity index (χ0) is 19.3. The monoisotopic (exact) mass is 400 g/mol. The third kappa shape index (κ3) is 5.02. The third-order valence-corrected chi connectivity index (χ3v) is 5.62. The van der Waals surface area contributed by atoms with Crippen molar-refractivity contribution >= 4 is 33.5 Å². The number of benzene rings is 2. The molecule has 1 aromatic heterocycles. The summed E-state index contributed by atoms with van der Waals surface area (Å²) in [6.07, 6.45) is 1.37. The van der Waals surface area contributed by atoms with Gasteiger partial charge in [0.1, 0.15) is 10.6 Å². The van der Waals surface area contributed by atoms with Gasteiger partial charge >= 0.3 is 5.97 Å². The second-order valence-corrected chi connectivity index (χ2v) is 8.21. The van der Waals surface area contributed by atoms with Gasteiger partial charge in [-0.05, 0) is 60.3 Å². The van der Waals surface area contributed by atoms with Crippen LogP contribution in [0.3, 0.4) is 0 Å². The van der Waals surface area contributed by atoms with Crippen LogP contribution in [0.5, 0.6) is 5.75 Å². The number of thiophene rings is 1. The van der Waals surface area contributed by atoms with Crippen LogP contribution >= 0.6 is 11.3 Å². The summed E-state index contributed by atoms with van der Waals surface area (Å²) in [5, 5.41) is 5.57. The molecule has 0 atom stereocenters. The van der Waals surface area contributed by atoms with Crippen LogP contribution < -0.4 is 9.57 Å². The quantitative estimate of drug-likeness (QED) is 0.297. The van der Waals surface area contributed by atoms with Crippen molar-refractivity contribution < 1.29 is 17.9 Å². The highest BCUT2D eigenvalue weighted by molar-refractivity contribution is 7.89. The van der Waals surface area contributed by atoms with E-state index in [1.807, 2.05) is 6.92 Å². The summed E-state index contributed by atoms with van der Waals surface area (Å²) >= 11 is 1.30. The van der Waals surface area contributed by atoms with Gasteiger partial charge in [-0.15, -0.1) is 11.3 Å². The Morgan fingerprint density at radius 1 is 1.07 bits per heavy atom. The van der Waals surface area contributed by atoms with Gasteiger partial charge in [0.05, 0.1) is 11.1 Å². The van der Waals surface area contributed by atoms with Crippen molar-refractivity contribution in [2.75, 3.05) is 0 Å². The van der Waals surface area contributed by atoms with E-state index in [0.29, 0.717) is 16.2 Å². The van der Waals surface area contributed by atoms with Crippen LogP contribution in [0.1, 0.15) is 20.8 Å². The zero-order valence-electron chi connectivity index (χ0n) is 14.3. The number of hydrogen-bond acceptors (Lipinski definition) is 6. The first kappa shape index (κ1) is 18.8. The van der Waals surface area contributed by atoms with E-state index in [0.717, 1.165) is 5.56 Å². The van der Waals surface area contributed by atoms with E-state index in [1.165, 1.54) is 29.7 Å². The molecule has 0 unspecified atom stereocenters. The van der Waals surface area contributed by atoms with Gasteiger partial charge < -0.3 is 4.74 Å². The predicted octanol–water partition coefficient (Wildman–Crippen LogP) is 3.59. The Hall–Kier alpha value is -2.97. The average Bonchev–Trinajstić information content (AvgIpc) is 3.18. The average molecular weight is 400 g/mol. The number of ether oxygens (including phenoxy) is 1. The number of sulfonamides is 1. The lowest BCUT2D eigenvalue weighted by Crippen LogP contribution is -2.18. The Bertz CT molecular complexity index is 1040. The topological polar surface area (TPSA) is 84.8 Å². The van der Waals surface area contributed by atoms with Gasteiger partial charge in [-0.1, -0.05) is 23.8 Å². The van der Waals surface area contributed by atoms with Crippen molar-refractivity contribution in [3.05, 3.63) is 82.0 Å². The van der Waals surface area contributed by atoms with Gasteiger partial charge in [0.15, 0.2) is 0 Å². The normalized spacial score (nSPS) is 11.4. The third-order valence-electron chi connectivity index (χ3n) is 3.53. The summed E-state index contributed by atoms with van der Waals surface area (Å²) in [7, 11) is -3.71. The van der Waals surface area contributed by atoms with E-state index >= 15 is 0 Å². The van der Waals surface area contributed by atoms with Crippen molar-refractivity contribution in [1.29, 1.82) is 0 Å².